The fourth-order valence-electron chi connectivity index (χ4n) is 3.54. The Labute approximate surface area is 173 Å². The molecule has 2 aromatic carbocycles. The molecule has 3 aromatic rings. The van der Waals surface area contributed by atoms with Crippen LogP contribution >= 0.6 is 0 Å². The first-order valence-corrected chi connectivity index (χ1v) is 9.76. The SMILES string of the molecule is COc1cc(OC)cc(-n2nc(C(=O)NCC3CCCO3)c3ccccc3c2=O)c1. The van der Waals surface area contributed by atoms with Gasteiger partial charge in [0.25, 0.3) is 11.5 Å². The summed E-state index contributed by atoms with van der Waals surface area (Å²) >= 11 is 0. The fourth-order valence-corrected chi connectivity index (χ4v) is 3.54. The molecular formula is C22H23N3O5. The number of benzene rings is 2. The molecule has 1 unspecified atom stereocenters. The molecule has 0 saturated carbocycles. The predicted octanol–water partition coefficient (Wildman–Crippen LogP) is 2.31. The lowest BCUT2D eigenvalue weighted by Gasteiger charge is -2.14. The normalized spacial score (nSPS) is 15.9. The van der Waals surface area contributed by atoms with Crippen LogP contribution in [0.25, 0.3) is 16.5 Å². The van der Waals surface area contributed by atoms with Crippen LogP contribution in [0.15, 0.2) is 47.3 Å². The third-order valence-electron chi connectivity index (χ3n) is 5.12. The molecule has 30 heavy (non-hydrogen) atoms. The van der Waals surface area contributed by atoms with Crippen LogP contribution in [0.5, 0.6) is 11.5 Å². The molecule has 8 heteroatoms. The molecule has 0 spiro atoms. The Balaban J connectivity index is 1.80. The van der Waals surface area contributed by atoms with Crippen molar-refractivity contribution in [2.24, 2.45) is 0 Å². The van der Waals surface area contributed by atoms with Crippen LogP contribution in [0.4, 0.5) is 0 Å². The topological polar surface area (TPSA) is 91.7 Å². The summed E-state index contributed by atoms with van der Waals surface area (Å²) in [5.41, 5.74) is 0.275. The predicted molar refractivity (Wildman–Crippen MR) is 112 cm³/mol. The number of hydrogen-bond acceptors (Lipinski definition) is 6. The van der Waals surface area contributed by atoms with Gasteiger partial charge in [0.1, 0.15) is 11.5 Å². The van der Waals surface area contributed by atoms with Gasteiger partial charge in [-0.15, -0.1) is 0 Å². The van der Waals surface area contributed by atoms with Crippen LogP contribution in [0.1, 0.15) is 23.3 Å². The largest absolute Gasteiger partial charge is 0.497 e. The molecule has 0 aliphatic carbocycles. The first kappa shape index (κ1) is 19.9. The summed E-state index contributed by atoms with van der Waals surface area (Å²) in [4.78, 5) is 26.1. The third kappa shape index (κ3) is 3.86. The number of fused-ring (bicyclic) bond motifs is 1. The second kappa shape index (κ2) is 8.54. The quantitative estimate of drug-likeness (QED) is 0.672. The molecule has 1 aliphatic heterocycles. The molecule has 1 atom stereocenters. The Morgan fingerprint density at radius 3 is 2.50 bits per heavy atom. The van der Waals surface area contributed by atoms with Gasteiger partial charge in [0.15, 0.2) is 5.69 Å². The lowest BCUT2D eigenvalue weighted by Crippen LogP contribution is -2.34. The fraction of sp³-hybridized carbons (Fsp3) is 0.318. The number of hydrogen-bond donors (Lipinski definition) is 1. The second-order valence-corrected chi connectivity index (χ2v) is 7.03. The zero-order chi connectivity index (χ0) is 21.1. The van der Waals surface area contributed by atoms with Gasteiger partial charge >= 0.3 is 0 Å². The minimum Gasteiger partial charge on any atom is -0.497 e. The average molecular weight is 409 g/mol. The molecule has 1 fully saturated rings. The maximum absolute atomic E-state index is 13.1. The van der Waals surface area contributed by atoms with Gasteiger partial charge in [-0.05, 0) is 18.9 Å². The van der Waals surface area contributed by atoms with Crippen molar-refractivity contribution in [2.45, 2.75) is 18.9 Å². The standard InChI is InChI=1S/C22H23N3O5/c1-28-16-10-14(11-17(12-16)29-2)25-22(27)19-8-4-3-7-18(19)20(24-25)21(26)23-13-15-6-5-9-30-15/h3-4,7-8,10-12,15H,5-6,9,13H2,1-2H3,(H,23,26). The maximum Gasteiger partial charge on any atom is 0.279 e. The van der Waals surface area contributed by atoms with Crippen LogP contribution in [0.2, 0.25) is 0 Å². The Kier molecular flexibility index (Phi) is 5.67. The molecule has 1 aromatic heterocycles. The number of aromatic nitrogens is 2. The van der Waals surface area contributed by atoms with Crippen LogP contribution in [-0.4, -0.2) is 49.2 Å². The number of nitrogens with zero attached hydrogens (tertiary/aromatic N) is 2. The van der Waals surface area contributed by atoms with Gasteiger partial charge in [0, 0.05) is 36.7 Å². The third-order valence-corrected chi connectivity index (χ3v) is 5.12. The molecule has 8 nitrogen and oxygen atoms in total. The highest BCUT2D eigenvalue weighted by atomic mass is 16.5. The monoisotopic (exact) mass is 409 g/mol. The van der Waals surface area contributed by atoms with Crippen LogP contribution in [-0.2, 0) is 4.74 Å². The van der Waals surface area contributed by atoms with Gasteiger partial charge in [-0.25, -0.2) is 0 Å². The molecule has 0 radical (unpaired) electrons. The summed E-state index contributed by atoms with van der Waals surface area (Å²) in [6.07, 6.45) is 1.91. The summed E-state index contributed by atoms with van der Waals surface area (Å²) in [6.45, 7) is 1.12. The number of carbonyl (C=O) groups is 1. The number of amides is 1. The lowest BCUT2D eigenvalue weighted by molar-refractivity contribution is 0.0854. The van der Waals surface area contributed by atoms with Gasteiger partial charge in [0.05, 0.1) is 31.4 Å². The van der Waals surface area contributed by atoms with Crippen molar-refractivity contribution in [2.75, 3.05) is 27.4 Å². The van der Waals surface area contributed by atoms with E-state index < -0.39 is 0 Å². The van der Waals surface area contributed by atoms with Gasteiger partial charge in [-0.1, -0.05) is 18.2 Å². The Bertz CT molecular complexity index is 1110. The molecule has 1 aliphatic rings. The average Bonchev–Trinajstić information content (AvgIpc) is 3.31. The smallest absolute Gasteiger partial charge is 0.279 e. The van der Waals surface area contributed by atoms with E-state index in [9.17, 15) is 9.59 Å². The highest BCUT2D eigenvalue weighted by molar-refractivity contribution is 6.04. The maximum atomic E-state index is 13.1. The van der Waals surface area contributed by atoms with Crippen LogP contribution in [0.3, 0.4) is 0 Å². The molecule has 1 amide bonds. The molecule has 2 heterocycles. The number of ether oxygens (including phenoxy) is 3. The minimum atomic E-state index is -0.356. The van der Waals surface area contributed by atoms with E-state index in [0.717, 1.165) is 12.8 Å². The van der Waals surface area contributed by atoms with E-state index in [0.29, 0.717) is 41.1 Å². The van der Waals surface area contributed by atoms with Crippen LogP contribution < -0.4 is 20.3 Å². The molecule has 1 saturated heterocycles. The summed E-state index contributed by atoms with van der Waals surface area (Å²) < 4.78 is 17.4. The van der Waals surface area contributed by atoms with Gasteiger partial charge in [-0.2, -0.15) is 9.78 Å². The first-order valence-electron chi connectivity index (χ1n) is 9.76. The van der Waals surface area contributed by atoms with Crippen molar-refractivity contribution in [3.8, 4) is 17.2 Å². The van der Waals surface area contributed by atoms with E-state index in [4.69, 9.17) is 14.2 Å². The highest BCUT2D eigenvalue weighted by Gasteiger charge is 2.21. The van der Waals surface area contributed by atoms with E-state index in [-0.39, 0.29) is 23.3 Å². The summed E-state index contributed by atoms with van der Waals surface area (Å²) in [7, 11) is 3.05. The summed E-state index contributed by atoms with van der Waals surface area (Å²) in [5.74, 6) is 0.663. The van der Waals surface area contributed by atoms with Crippen LogP contribution in [0, 0.1) is 0 Å². The van der Waals surface area contributed by atoms with Gasteiger partial charge in [-0.3, -0.25) is 9.59 Å². The summed E-state index contributed by atoms with van der Waals surface area (Å²) in [5, 5.41) is 8.19. The molecule has 4 rings (SSSR count). The van der Waals surface area contributed by atoms with E-state index in [2.05, 4.69) is 10.4 Å². The Hall–Kier alpha value is -3.39. The van der Waals surface area contributed by atoms with E-state index in [1.165, 1.54) is 18.9 Å². The molecule has 156 valence electrons. The number of rotatable bonds is 6. The summed E-state index contributed by atoms with van der Waals surface area (Å²) in [6, 6.07) is 12.0. The Morgan fingerprint density at radius 1 is 1.17 bits per heavy atom. The molecule has 0 bridgehead atoms. The second-order valence-electron chi connectivity index (χ2n) is 7.03. The minimum absolute atomic E-state index is 0.00812. The van der Waals surface area contributed by atoms with Gasteiger partial charge in [0.2, 0.25) is 0 Å². The Morgan fingerprint density at radius 2 is 1.87 bits per heavy atom. The zero-order valence-corrected chi connectivity index (χ0v) is 16.9. The van der Waals surface area contributed by atoms with E-state index in [1.807, 2.05) is 0 Å². The van der Waals surface area contributed by atoms with E-state index >= 15 is 0 Å². The first-order chi connectivity index (χ1) is 14.6. The molecular weight excluding hydrogens is 386 g/mol. The number of carbonyl (C=O) groups excluding carboxylic acids is 1. The number of methoxy groups -OCH3 is 2. The lowest BCUT2D eigenvalue weighted by atomic mass is 10.1. The van der Waals surface area contributed by atoms with Crippen molar-refractivity contribution in [3.63, 3.8) is 0 Å². The van der Waals surface area contributed by atoms with Crippen molar-refractivity contribution in [3.05, 3.63) is 58.5 Å². The van der Waals surface area contributed by atoms with Crippen molar-refractivity contribution >= 4 is 16.7 Å². The van der Waals surface area contributed by atoms with E-state index in [1.54, 1.807) is 42.5 Å². The van der Waals surface area contributed by atoms with Crippen molar-refractivity contribution in [1.82, 2.24) is 15.1 Å². The van der Waals surface area contributed by atoms with Crippen molar-refractivity contribution in [1.29, 1.82) is 0 Å². The molecule has 1 N–H and O–H groups in total. The van der Waals surface area contributed by atoms with Crippen molar-refractivity contribution < 1.29 is 19.0 Å². The number of nitrogens with one attached hydrogen (secondary N) is 1. The highest BCUT2D eigenvalue weighted by Crippen LogP contribution is 2.25. The van der Waals surface area contributed by atoms with Gasteiger partial charge < -0.3 is 19.5 Å². The zero-order valence-electron chi connectivity index (χ0n) is 16.9.